The number of aromatic nitrogens is 1. The number of nitrogens with two attached hydrogens (primary N) is 1. The zero-order valence-corrected chi connectivity index (χ0v) is 5.47. The molecule has 1 heterocycles. The summed E-state index contributed by atoms with van der Waals surface area (Å²) in [4.78, 5) is 3.34. The van der Waals surface area contributed by atoms with Crippen LogP contribution in [-0.2, 0) is 0 Å². The number of hydrogen-bond donors (Lipinski definition) is 1. The van der Waals surface area contributed by atoms with Crippen LogP contribution < -0.4 is 10.5 Å². The summed E-state index contributed by atoms with van der Waals surface area (Å²) in [5.74, 6) is -0.209. The van der Waals surface area contributed by atoms with Crippen molar-refractivity contribution in [3.8, 4) is 5.75 Å². The van der Waals surface area contributed by atoms with Crippen molar-refractivity contribution >= 4 is 5.69 Å². The lowest BCUT2D eigenvalue weighted by Crippen LogP contribution is -1.94. The van der Waals surface area contributed by atoms with Crippen LogP contribution >= 0.6 is 0 Å². The number of nitrogens with zero attached hydrogens (tertiary/aromatic N) is 1. The lowest BCUT2D eigenvalue weighted by molar-refractivity contribution is 0.412. The van der Waals surface area contributed by atoms with E-state index in [1.807, 2.05) is 0 Å². The Hall–Kier alpha value is -1.32. The molecule has 0 atom stereocenters. The zero-order chi connectivity index (χ0) is 7.56. The van der Waals surface area contributed by atoms with Gasteiger partial charge in [0.05, 0.1) is 19.0 Å². The van der Waals surface area contributed by atoms with Gasteiger partial charge < -0.3 is 10.5 Å². The van der Waals surface area contributed by atoms with Crippen molar-refractivity contribution in [2.75, 3.05) is 12.8 Å². The molecule has 10 heavy (non-hydrogen) atoms. The Morgan fingerprint density at radius 1 is 1.70 bits per heavy atom. The highest BCUT2D eigenvalue weighted by atomic mass is 19.1. The number of pyridine rings is 1. The highest BCUT2D eigenvalue weighted by molar-refractivity contribution is 5.49. The molecule has 0 aliphatic carbocycles. The van der Waals surface area contributed by atoms with Gasteiger partial charge >= 0.3 is 0 Å². The molecule has 0 spiro atoms. The van der Waals surface area contributed by atoms with Gasteiger partial charge in [0.1, 0.15) is 0 Å². The number of nitrogen functional groups attached to an aromatic ring is 1. The largest absolute Gasteiger partial charge is 0.493 e. The Balaban J connectivity index is 3.07. The Morgan fingerprint density at radius 3 is 2.90 bits per heavy atom. The van der Waals surface area contributed by atoms with Crippen molar-refractivity contribution < 1.29 is 9.13 Å². The highest BCUT2D eigenvalue weighted by Crippen LogP contribution is 2.18. The first kappa shape index (κ1) is 6.80. The Labute approximate surface area is 57.6 Å². The quantitative estimate of drug-likeness (QED) is 0.590. The molecular weight excluding hydrogens is 135 g/mol. The van der Waals surface area contributed by atoms with Crippen LogP contribution in [0.15, 0.2) is 12.3 Å². The summed E-state index contributed by atoms with van der Waals surface area (Å²) in [5.41, 5.74) is 5.59. The maximum Gasteiger partial charge on any atom is 0.215 e. The van der Waals surface area contributed by atoms with E-state index in [0.29, 0.717) is 5.75 Å². The van der Waals surface area contributed by atoms with Crippen LogP contribution in [0.5, 0.6) is 5.75 Å². The Bertz CT molecular complexity index is 239. The van der Waals surface area contributed by atoms with E-state index >= 15 is 0 Å². The van der Waals surface area contributed by atoms with Gasteiger partial charge in [-0.1, -0.05) is 0 Å². The first-order chi connectivity index (χ1) is 4.74. The van der Waals surface area contributed by atoms with Crippen molar-refractivity contribution in [1.29, 1.82) is 0 Å². The van der Waals surface area contributed by atoms with E-state index in [9.17, 15) is 4.39 Å². The molecule has 0 unspecified atom stereocenters. The fraction of sp³-hybridized carbons (Fsp3) is 0.167. The summed E-state index contributed by atoms with van der Waals surface area (Å²) in [5, 5.41) is 0. The monoisotopic (exact) mass is 142 g/mol. The summed E-state index contributed by atoms with van der Waals surface area (Å²) in [6.07, 6.45) is 1.24. The van der Waals surface area contributed by atoms with Crippen LogP contribution in [0.25, 0.3) is 0 Å². The van der Waals surface area contributed by atoms with Crippen molar-refractivity contribution in [3.05, 3.63) is 18.2 Å². The van der Waals surface area contributed by atoms with Gasteiger partial charge in [-0.05, 0) is 0 Å². The Kier molecular flexibility index (Phi) is 1.71. The molecule has 0 fully saturated rings. The second kappa shape index (κ2) is 2.51. The minimum absolute atomic E-state index is 0.259. The third kappa shape index (κ3) is 1.15. The average molecular weight is 142 g/mol. The van der Waals surface area contributed by atoms with Crippen molar-refractivity contribution in [1.82, 2.24) is 4.98 Å². The molecule has 0 saturated heterocycles. The second-order valence-corrected chi connectivity index (χ2v) is 1.75. The van der Waals surface area contributed by atoms with E-state index in [0.717, 1.165) is 6.07 Å². The summed E-state index contributed by atoms with van der Waals surface area (Å²) >= 11 is 0. The van der Waals surface area contributed by atoms with E-state index < -0.39 is 5.95 Å². The minimum Gasteiger partial charge on any atom is -0.493 e. The van der Waals surface area contributed by atoms with Crippen LogP contribution in [0, 0.1) is 5.95 Å². The number of methoxy groups -OCH3 is 1. The molecule has 0 aromatic carbocycles. The molecule has 0 radical (unpaired) electrons. The maximum atomic E-state index is 12.2. The lowest BCUT2D eigenvalue weighted by atomic mass is 10.4. The summed E-state index contributed by atoms with van der Waals surface area (Å²) in [6, 6.07) is 1.11. The number of anilines is 1. The van der Waals surface area contributed by atoms with E-state index in [4.69, 9.17) is 10.5 Å². The van der Waals surface area contributed by atoms with Gasteiger partial charge in [0.25, 0.3) is 0 Å². The summed E-state index contributed by atoms with van der Waals surface area (Å²) in [6.45, 7) is 0. The van der Waals surface area contributed by atoms with Crippen molar-refractivity contribution in [2.24, 2.45) is 0 Å². The number of ether oxygens (including phenoxy) is 1. The van der Waals surface area contributed by atoms with Crippen molar-refractivity contribution in [3.63, 3.8) is 0 Å². The molecule has 54 valence electrons. The first-order valence-corrected chi connectivity index (χ1v) is 2.69. The molecule has 0 aliphatic rings. The lowest BCUT2D eigenvalue weighted by Gasteiger charge is -2.00. The molecular formula is C6H7FN2O. The van der Waals surface area contributed by atoms with Crippen LogP contribution in [-0.4, -0.2) is 12.1 Å². The van der Waals surface area contributed by atoms with Crippen LogP contribution in [0.2, 0.25) is 0 Å². The molecule has 0 bridgehead atoms. The molecule has 0 amide bonds. The molecule has 3 nitrogen and oxygen atoms in total. The minimum atomic E-state index is -0.599. The third-order valence-corrected chi connectivity index (χ3v) is 1.08. The molecule has 1 aromatic heterocycles. The van der Waals surface area contributed by atoms with Crippen molar-refractivity contribution in [2.45, 2.75) is 0 Å². The standard InChI is InChI=1S/C6H7FN2O/c1-10-5-3-9-6(7)2-4(5)8/h2-3H,1H3,(H2,8,9). The summed E-state index contributed by atoms with van der Waals surface area (Å²) in [7, 11) is 1.45. The average Bonchev–Trinajstić information content (AvgIpc) is 1.88. The smallest absolute Gasteiger partial charge is 0.215 e. The second-order valence-electron chi connectivity index (χ2n) is 1.75. The maximum absolute atomic E-state index is 12.2. The molecule has 4 heteroatoms. The molecule has 1 rings (SSSR count). The fourth-order valence-electron chi connectivity index (χ4n) is 0.602. The van der Waals surface area contributed by atoms with Crippen LogP contribution in [0.1, 0.15) is 0 Å². The van der Waals surface area contributed by atoms with E-state index in [-0.39, 0.29) is 5.69 Å². The number of hydrogen-bond acceptors (Lipinski definition) is 3. The van der Waals surface area contributed by atoms with Gasteiger partial charge in [-0.2, -0.15) is 4.39 Å². The Morgan fingerprint density at radius 2 is 2.40 bits per heavy atom. The van der Waals surface area contributed by atoms with E-state index in [2.05, 4.69) is 4.98 Å². The first-order valence-electron chi connectivity index (χ1n) is 2.69. The molecule has 2 N–H and O–H groups in total. The predicted molar refractivity (Wildman–Crippen MR) is 35.2 cm³/mol. The molecule has 0 aliphatic heterocycles. The van der Waals surface area contributed by atoms with E-state index in [1.54, 1.807) is 0 Å². The van der Waals surface area contributed by atoms with Gasteiger partial charge in [-0.3, -0.25) is 0 Å². The molecule has 0 saturated carbocycles. The number of halogens is 1. The van der Waals surface area contributed by atoms with Crippen LogP contribution in [0.3, 0.4) is 0 Å². The van der Waals surface area contributed by atoms with Gasteiger partial charge in [0.2, 0.25) is 5.95 Å². The number of rotatable bonds is 1. The normalized spacial score (nSPS) is 9.40. The van der Waals surface area contributed by atoms with Gasteiger partial charge in [0, 0.05) is 6.07 Å². The summed E-state index contributed by atoms with van der Waals surface area (Å²) < 4.78 is 17.0. The van der Waals surface area contributed by atoms with E-state index in [1.165, 1.54) is 13.3 Å². The van der Waals surface area contributed by atoms with Gasteiger partial charge in [-0.15, -0.1) is 0 Å². The van der Waals surface area contributed by atoms with Gasteiger partial charge in [-0.25, -0.2) is 4.98 Å². The SMILES string of the molecule is COc1cnc(F)cc1N. The highest BCUT2D eigenvalue weighted by Gasteiger charge is 1.99. The topological polar surface area (TPSA) is 48.1 Å². The predicted octanol–water partition coefficient (Wildman–Crippen LogP) is 0.811. The van der Waals surface area contributed by atoms with Gasteiger partial charge in [0.15, 0.2) is 5.75 Å². The third-order valence-electron chi connectivity index (χ3n) is 1.08. The fourth-order valence-corrected chi connectivity index (χ4v) is 0.602. The molecule has 1 aromatic rings. The van der Waals surface area contributed by atoms with Crippen LogP contribution in [0.4, 0.5) is 10.1 Å². The zero-order valence-electron chi connectivity index (χ0n) is 5.47.